The summed E-state index contributed by atoms with van der Waals surface area (Å²) >= 11 is 5.96. The van der Waals surface area contributed by atoms with E-state index in [4.69, 9.17) is 30.0 Å². The minimum Gasteiger partial charge on any atom is -0.496 e. The van der Waals surface area contributed by atoms with Gasteiger partial charge in [0.25, 0.3) is 11.8 Å². The maximum atomic E-state index is 12.4. The van der Waals surface area contributed by atoms with E-state index < -0.39 is 5.97 Å². The predicted molar refractivity (Wildman–Crippen MR) is 107 cm³/mol. The molecule has 0 amide bonds. The molecule has 152 valence electrons. The SMILES string of the molecule is COc1ccc(Cl)cc1C(=O)OCc1nnc(-c2c(-c3ccccc3)noc2C)o1. The Morgan fingerprint density at radius 1 is 1.13 bits per heavy atom. The highest BCUT2D eigenvalue weighted by molar-refractivity contribution is 6.31. The number of nitrogens with zero attached hydrogens (tertiary/aromatic N) is 3. The predicted octanol–water partition coefficient (Wildman–Crippen LogP) is 4.72. The van der Waals surface area contributed by atoms with Crippen LogP contribution in [0.1, 0.15) is 22.0 Å². The van der Waals surface area contributed by atoms with E-state index in [0.717, 1.165) is 5.56 Å². The van der Waals surface area contributed by atoms with Crippen LogP contribution in [0.15, 0.2) is 57.5 Å². The van der Waals surface area contributed by atoms with Gasteiger partial charge < -0.3 is 18.4 Å². The Bertz CT molecular complexity index is 1190. The van der Waals surface area contributed by atoms with Crippen molar-refractivity contribution in [1.82, 2.24) is 15.4 Å². The van der Waals surface area contributed by atoms with E-state index in [1.807, 2.05) is 30.3 Å². The second-order valence-corrected chi connectivity index (χ2v) is 6.69. The average Bonchev–Trinajstić information content (AvgIpc) is 3.38. The highest BCUT2D eigenvalue weighted by Crippen LogP contribution is 2.33. The van der Waals surface area contributed by atoms with Crippen LogP contribution in [0.4, 0.5) is 0 Å². The number of aryl methyl sites for hydroxylation is 1. The number of esters is 1. The van der Waals surface area contributed by atoms with Crippen LogP contribution in [0.5, 0.6) is 5.75 Å². The molecule has 4 rings (SSSR count). The van der Waals surface area contributed by atoms with E-state index in [9.17, 15) is 4.79 Å². The monoisotopic (exact) mass is 425 g/mol. The van der Waals surface area contributed by atoms with Crippen molar-refractivity contribution in [1.29, 1.82) is 0 Å². The van der Waals surface area contributed by atoms with Crippen LogP contribution in [0.25, 0.3) is 22.7 Å². The molecule has 0 fully saturated rings. The molecule has 0 saturated heterocycles. The molecule has 0 saturated carbocycles. The number of ether oxygens (including phenoxy) is 2. The number of benzene rings is 2. The van der Waals surface area contributed by atoms with Crippen molar-refractivity contribution in [3.8, 4) is 28.5 Å². The number of aromatic nitrogens is 3. The summed E-state index contributed by atoms with van der Waals surface area (Å²) in [5.74, 6) is 0.603. The molecule has 4 aromatic rings. The smallest absolute Gasteiger partial charge is 0.342 e. The van der Waals surface area contributed by atoms with E-state index in [-0.39, 0.29) is 24.0 Å². The van der Waals surface area contributed by atoms with Crippen LogP contribution in [-0.2, 0) is 11.3 Å². The molecule has 0 aliphatic heterocycles. The fourth-order valence-electron chi connectivity index (χ4n) is 2.87. The molecule has 0 aliphatic rings. The van der Waals surface area contributed by atoms with Crippen LogP contribution < -0.4 is 4.74 Å². The zero-order chi connectivity index (χ0) is 21.1. The molecule has 2 aromatic heterocycles. The molecule has 0 N–H and O–H groups in total. The van der Waals surface area contributed by atoms with Crippen LogP contribution in [-0.4, -0.2) is 28.4 Å². The molecule has 30 heavy (non-hydrogen) atoms. The summed E-state index contributed by atoms with van der Waals surface area (Å²) < 4.78 is 21.4. The lowest BCUT2D eigenvalue weighted by molar-refractivity contribution is 0.0435. The molecule has 0 unspecified atom stereocenters. The summed E-state index contributed by atoms with van der Waals surface area (Å²) in [6.45, 7) is 1.54. The summed E-state index contributed by atoms with van der Waals surface area (Å²) in [5, 5.41) is 12.5. The molecular formula is C21H16ClN3O5. The van der Waals surface area contributed by atoms with Gasteiger partial charge in [-0.15, -0.1) is 10.2 Å². The van der Waals surface area contributed by atoms with Gasteiger partial charge in [-0.25, -0.2) is 4.79 Å². The molecule has 0 atom stereocenters. The number of carbonyl (C=O) groups is 1. The van der Waals surface area contributed by atoms with Crippen LogP contribution in [0.2, 0.25) is 5.02 Å². The van der Waals surface area contributed by atoms with Crippen LogP contribution in [0, 0.1) is 6.92 Å². The molecule has 2 aromatic carbocycles. The first-order valence-corrected chi connectivity index (χ1v) is 9.29. The van der Waals surface area contributed by atoms with Crippen molar-refractivity contribution in [2.75, 3.05) is 7.11 Å². The minimum absolute atomic E-state index is 0.124. The zero-order valence-electron chi connectivity index (χ0n) is 16.1. The summed E-state index contributed by atoms with van der Waals surface area (Å²) in [6.07, 6.45) is 0. The minimum atomic E-state index is -0.625. The fraction of sp³-hybridized carbons (Fsp3) is 0.143. The molecular weight excluding hydrogens is 410 g/mol. The lowest BCUT2D eigenvalue weighted by Gasteiger charge is -2.07. The van der Waals surface area contributed by atoms with Crippen molar-refractivity contribution in [3.63, 3.8) is 0 Å². The normalized spacial score (nSPS) is 10.8. The molecule has 8 nitrogen and oxygen atoms in total. The Kier molecular flexibility index (Phi) is 5.49. The van der Waals surface area contributed by atoms with Gasteiger partial charge in [0, 0.05) is 10.6 Å². The molecule has 0 aliphatic carbocycles. The first kappa shape index (κ1) is 19.7. The zero-order valence-corrected chi connectivity index (χ0v) is 16.8. The lowest BCUT2D eigenvalue weighted by atomic mass is 10.1. The summed E-state index contributed by atoms with van der Waals surface area (Å²) in [6, 6.07) is 14.2. The van der Waals surface area contributed by atoms with Gasteiger partial charge in [0.2, 0.25) is 0 Å². The number of hydrogen-bond donors (Lipinski definition) is 0. The molecule has 0 spiro atoms. The Labute approximate surface area is 176 Å². The molecule has 0 radical (unpaired) electrons. The number of rotatable bonds is 6. The van der Waals surface area contributed by atoms with Gasteiger partial charge in [0.05, 0.1) is 7.11 Å². The fourth-order valence-corrected chi connectivity index (χ4v) is 3.05. The van der Waals surface area contributed by atoms with Crippen molar-refractivity contribution in [2.45, 2.75) is 13.5 Å². The van der Waals surface area contributed by atoms with Gasteiger partial charge >= 0.3 is 5.97 Å². The maximum Gasteiger partial charge on any atom is 0.342 e. The standard InChI is InChI=1S/C21H16ClN3O5/c1-12-18(19(25-30-12)13-6-4-3-5-7-13)20-24-23-17(29-20)11-28-21(26)15-10-14(22)8-9-16(15)27-2/h3-10H,11H2,1-2H3. The van der Waals surface area contributed by atoms with Crippen molar-refractivity contribution in [2.24, 2.45) is 0 Å². The second kappa shape index (κ2) is 8.38. The van der Waals surface area contributed by atoms with E-state index in [1.165, 1.54) is 13.2 Å². The molecule has 2 heterocycles. The maximum absolute atomic E-state index is 12.4. The number of methoxy groups -OCH3 is 1. The van der Waals surface area contributed by atoms with Gasteiger partial charge in [-0.3, -0.25) is 0 Å². The Morgan fingerprint density at radius 2 is 1.93 bits per heavy atom. The third-order valence-corrected chi connectivity index (χ3v) is 4.53. The quantitative estimate of drug-likeness (QED) is 0.409. The molecule has 9 heteroatoms. The summed E-state index contributed by atoms with van der Waals surface area (Å²) in [7, 11) is 1.45. The van der Waals surface area contributed by atoms with Gasteiger partial charge in [-0.2, -0.15) is 0 Å². The molecule has 0 bridgehead atoms. The summed E-state index contributed by atoms with van der Waals surface area (Å²) in [4.78, 5) is 12.4. The van der Waals surface area contributed by atoms with Gasteiger partial charge in [-0.1, -0.05) is 47.1 Å². The van der Waals surface area contributed by atoms with Gasteiger partial charge in [-0.05, 0) is 25.1 Å². The third-order valence-electron chi connectivity index (χ3n) is 4.30. The summed E-state index contributed by atoms with van der Waals surface area (Å²) in [5.41, 5.74) is 2.22. The second-order valence-electron chi connectivity index (χ2n) is 6.25. The Morgan fingerprint density at radius 3 is 2.70 bits per heavy atom. The first-order chi connectivity index (χ1) is 14.6. The van der Waals surface area contributed by atoms with Gasteiger partial charge in [0.15, 0.2) is 6.61 Å². The van der Waals surface area contributed by atoms with E-state index in [0.29, 0.717) is 27.8 Å². The van der Waals surface area contributed by atoms with Crippen molar-refractivity contribution < 1.29 is 23.2 Å². The third kappa shape index (κ3) is 3.90. The average molecular weight is 426 g/mol. The van der Waals surface area contributed by atoms with E-state index in [2.05, 4.69) is 15.4 Å². The van der Waals surface area contributed by atoms with Gasteiger partial charge in [0.1, 0.15) is 28.3 Å². The van der Waals surface area contributed by atoms with E-state index >= 15 is 0 Å². The van der Waals surface area contributed by atoms with Crippen molar-refractivity contribution >= 4 is 17.6 Å². The lowest BCUT2D eigenvalue weighted by Crippen LogP contribution is -2.07. The highest BCUT2D eigenvalue weighted by Gasteiger charge is 2.22. The van der Waals surface area contributed by atoms with Crippen LogP contribution in [0.3, 0.4) is 0 Å². The Balaban J connectivity index is 1.53. The number of hydrogen-bond acceptors (Lipinski definition) is 8. The largest absolute Gasteiger partial charge is 0.496 e. The topological polar surface area (TPSA) is 100 Å². The Hall–Kier alpha value is -3.65. The number of carbonyl (C=O) groups excluding carboxylic acids is 1. The van der Waals surface area contributed by atoms with Crippen molar-refractivity contribution in [3.05, 3.63) is 70.8 Å². The first-order valence-electron chi connectivity index (χ1n) is 8.92. The van der Waals surface area contributed by atoms with Crippen LogP contribution >= 0.6 is 11.6 Å². The number of halogens is 1. The highest BCUT2D eigenvalue weighted by atomic mass is 35.5. The van der Waals surface area contributed by atoms with E-state index in [1.54, 1.807) is 19.1 Å².